The summed E-state index contributed by atoms with van der Waals surface area (Å²) in [5.41, 5.74) is 7.02. The Morgan fingerprint density at radius 3 is 2.35 bits per heavy atom. The van der Waals surface area contributed by atoms with Gasteiger partial charge in [0.1, 0.15) is 0 Å². The quantitative estimate of drug-likeness (QED) is 0.665. The van der Waals surface area contributed by atoms with E-state index >= 15 is 0 Å². The summed E-state index contributed by atoms with van der Waals surface area (Å²) in [6, 6.07) is 7.09. The van der Waals surface area contributed by atoms with E-state index in [1.165, 1.54) is 0 Å². The van der Waals surface area contributed by atoms with E-state index in [2.05, 4.69) is 4.90 Å². The Hall–Kier alpha value is -1.43. The lowest BCUT2D eigenvalue weighted by Crippen LogP contribution is -2.46. The molecule has 20 heavy (non-hydrogen) atoms. The summed E-state index contributed by atoms with van der Waals surface area (Å²) in [4.78, 5) is 14.4. The third-order valence-electron chi connectivity index (χ3n) is 4.03. The van der Waals surface area contributed by atoms with Gasteiger partial charge < -0.3 is 15.2 Å². The molecule has 0 bridgehead atoms. The van der Waals surface area contributed by atoms with Gasteiger partial charge in [0, 0.05) is 37.2 Å². The first kappa shape index (κ1) is 13.5. The fourth-order valence-electron chi connectivity index (χ4n) is 2.80. The van der Waals surface area contributed by atoms with Crippen LogP contribution in [0.1, 0.15) is 23.2 Å². The number of Topliss-reactive ketones (excluding diaryl/α,β-unsaturated/α-hetero) is 1. The summed E-state index contributed by atoms with van der Waals surface area (Å²) in [5.74, 6) is -0.241. The molecule has 0 unspecified atom stereocenters. The number of ether oxygens (including phenoxy) is 2. The molecule has 0 aliphatic carbocycles. The van der Waals surface area contributed by atoms with Crippen molar-refractivity contribution >= 4 is 11.5 Å². The van der Waals surface area contributed by atoms with E-state index < -0.39 is 0 Å². The molecule has 2 heterocycles. The maximum atomic E-state index is 12.2. The number of hydrogen-bond acceptors (Lipinski definition) is 5. The van der Waals surface area contributed by atoms with E-state index in [4.69, 9.17) is 15.2 Å². The normalized spacial score (nSPS) is 22.2. The molecule has 2 fully saturated rings. The summed E-state index contributed by atoms with van der Waals surface area (Å²) in [6.07, 6.45) is 1.67. The number of ketones is 1. The predicted octanol–water partition coefficient (Wildman–Crippen LogP) is 1.29. The van der Waals surface area contributed by atoms with Gasteiger partial charge in [-0.25, -0.2) is 0 Å². The first-order chi connectivity index (χ1) is 9.67. The van der Waals surface area contributed by atoms with Gasteiger partial charge in [-0.2, -0.15) is 0 Å². The third kappa shape index (κ3) is 2.85. The van der Waals surface area contributed by atoms with Gasteiger partial charge >= 0.3 is 0 Å². The molecular weight excluding hydrogens is 256 g/mol. The Kier molecular flexibility index (Phi) is 3.74. The van der Waals surface area contributed by atoms with Crippen LogP contribution in [0.2, 0.25) is 0 Å². The van der Waals surface area contributed by atoms with Crippen LogP contribution in [-0.4, -0.2) is 49.3 Å². The Labute approximate surface area is 118 Å². The van der Waals surface area contributed by atoms with Crippen LogP contribution in [0.3, 0.4) is 0 Å². The minimum atomic E-state index is -0.374. The first-order valence-corrected chi connectivity index (χ1v) is 7.06. The molecule has 2 aliphatic heterocycles. The molecule has 0 aromatic heterocycles. The monoisotopic (exact) mass is 276 g/mol. The highest BCUT2D eigenvalue weighted by Crippen LogP contribution is 2.31. The average molecular weight is 276 g/mol. The second kappa shape index (κ2) is 5.52. The Morgan fingerprint density at radius 2 is 1.75 bits per heavy atom. The smallest absolute Gasteiger partial charge is 0.176 e. The van der Waals surface area contributed by atoms with E-state index in [9.17, 15) is 4.79 Å². The Morgan fingerprint density at radius 1 is 1.15 bits per heavy atom. The van der Waals surface area contributed by atoms with Crippen molar-refractivity contribution in [3.63, 3.8) is 0 Å². The number of nitrogens with zero attached hydrogens (tertiary/aromatic N) is 1. The number of nitrogen functional groups attached to an aromatic ring is 1. The van der Waals surface area contributed by atoms with Crippen molar-refractivity contribution in [2.45, 2.75) is 18.6 Å². The lowest BCUT2D eigenvalue weighted by Gasteiger charge is -2.37. The Bertz CT molecular complexity index is 470. The highest BCUT2D eigenvalue weighted by Gasteiger charge is 2.39. The number of likely N-dealkylation sites (tertiary alicyclic amines) is 1. The second-order valence-electron chi connectivity index (χ2n) is 5.43. The van der Waals surface area contributed by atoms with Gasteiger partial charge in [-0.1, -0.05) is 0 Å². The van der Waals surface area contributed by atoms with Gasteiger partial charge in [-0.15, -0.1) is 0 Å². The van der Waals surface area contributed by atoms with Gasteiger partial charge in [0.2, 0.25) is 0 Å². The van der Waals surface area contributed by atoms with Crippen LogP contribution in [0.15, 0.2) is 24.3 Å². The van der Waals surface area contributed by atoms with Gasteiger partial charge in [-0.05, 0) is 24.3 Å². The van der Waals surface area contributed by atoms with Gasteiger partial charge in [-0.3, -0.25) is 9.69 Å². The number of piperidine rings is 1. The van der Waals surface area contributed by atoms with Crippen molar-refractivity contribution in [2.75, 3.05) is 38.6 Å². The van der Waals surface area contributed by atoms with E-state index in [-0.39, 0.29) is 11.6 Å². The molecular formula is C15H20N2O3. The fraction of sp³-hybridized carbons (Fsp3) is 0.533. The van der Waals surface area contributed by atoms with Crippen LogP contribution in [-0.2, 0) is 9.47 Å². The Balaban J connectivity index is 1.54. The van der Waals surface area contributed by atoms with E-state index in [1.807, 2.05) is 0 Å². The molecule has 5 nitrogen and oxygen atoms in total. The maximum Gasteiger partial charge on any atom is 0.176 e. The van der Waals surface area contributed by atoms with Crippen molar-refractivity contribution in [3.8, 4) is 0 Å². The number of rotatable bonds is 3. The summed E-state index contributed by atoms with van der Waals surface area (Å²) in [5, 5.41) is 0. The molecule has 2 aliphatic rings. The topological polar surface area (TPSA) is 64.8 Å². The number of hydrogen-bond donors (Lipinski definition) is 1. The standard InChI is InChI=1S/C15H20N2O3/c16-13-3-1-12(2-4-13)14(18)11-17-7-5-15(6-8-17)19-9-10-20-15/h1-4H,5-11,16H2. The number of carbonyl (C=O) groups excluding carboxylic acids is 1. The molecule has 2 N–H and O–H groups in total. The molecule has 0 amide bonds. The molecule has 5 heteroatoms. The average Bonchev–Trinajstić information content (AvgIpc) is 2.91. The van der Waals surface area contributed by atoms with E-state index in [0.717, 1.165) is 25.9 Å². The van der Waals surface area contributed by atoms with Crippen LogP contribution in [0, 0.1) is 0 Å². The summed E-state index contributed by atoms with van der Waals surface area (Å²) in [7, 11) is 0. The molecule has 1 aromatic carbocycles. The SMILES string of the molecule is Nc1ccc(C(=O)CN2CCC3(CC2)OCCO3)cc1. The van der Waals surface area contributed by atoms with Crippen molar-refractivity contribution in [3.05, 3.63) is 29.8 Å². The van der Waals surface area contributed by atoms with Crippen LogP contribution in [0.5, 0.6) is 0 Å². The summed E-state index contributed by atoms with van der Waals surface area (Å²) >= 11 is 0. The number of benzene rings is 1. The van der Waals surface area contributed by atoms with Crippen LogP contribution in [0.4, 0.5) is 5.69 Å². The van der Waals surface area contributed by atoms with E-state index in [0.29, 0.717) is 31.0 Å². The van der Waals surface area contributed by atoms with Crippen molar-refractivity contribution in [1.82, 2.24) is 4.90 Å². The molecule has 1 spiro atoms. The second-order valence-corrected chi connectivity index (χ2v) is 5.43. The van der Waals surface area contributed by atoms with Crippen molar-refractivity contribution in [1.29, 1.82) is 0 Å². The largest absolute Gasteiger partial charge is 0.399 e. The number of carbonyl (C=O) groups is 1. The minimum absolute atomic E-state index is 0.134. The van der Waals surface area contributed by atoms with Crippen molar-refractivity contribution < 1.29 is 14.3 Å². The fourth-order valence-corrected chi connectivity index (χ4v) is 2.80. The summed E-state index contributed by atoms with van der Waals surface area (Å²) in [6.45, 7) is 3.48. The molecule has 0 saturated carbocycles. The molecule has 3 rings (SSSR count). The molecule has 2 saturated heterocycles. The highest BCUT2D eigenvalue weighted by molar-refractivity contribution is 5.97. The van der Waals surface area contributed by atoms with Gasteiger partial charge in [0.15, 0.2) is 11.6 Å². The predicted molar refractivity (Wildman–Crippen MR) is 75.5 cm³/mol. The molecule has 0 atom stereocenters. The minimum Gasteiger partial charge on any atom is -0.399 e. The molecule has 0 radical (unpaired) electrons. The zero-order valence-corrected chi connectivity index (χ0v) is 11.5. The molecule has 1 aromatic rings. The molecule has 108 valence electrons. The lowest BCUT2D eigenvalue weighted by molar-refractivity contribution is -0.184. The summed E-state index contributed by atoms with van der Waals surface area (Å²) < 4.78 is 11.4. The lowest BCUT2D eigenvalue weighted by atomic mass is 10.0. The van der Waals surface area contributed by atoms with E-state index in [1.54, 1.807) is 24.3 Å². The van der Waals surface area contributed by atoms with Gasteiger partial charge in [0.05, 0.1) is 19.8 Å². The zero-order chi connectivity index (χ0) is 14.0. The van der Waals surface area contributed by atoms with Gasteiger partial charge in [0.25, 0.3) is 0 Å². The number of nitrogens with two attached hydrogens (primary N) is 1. The zero-order valence-electron chi connectivity index (χ0n) is 11.5. The van der Waals surface area contributed by atoms with Crippen LogP contribution >= 0.6 is 0 Å². The highest BCUT2D eigenvalue weighted by atomic mass is 16.7. The van der Waals surface area contributed by atoms with Crippen molar-refractivity contribution in [2.24, 2.45) is 0 Å². The number of anilines is 1. The van der Waals surface area contributed by atoms with Crippen LogP contribution in [0.25, 0.3) is 0 Å². The first-order valence-electron chi connectivity index (χ1n) is 7.06. The van der Waals surface area contributed by atoms with Crippen LogP contribution < -0.4 is 5.73 Å². The third-order valence-corrected chi connectivity index (χ3v) is 4.03. The maximum absolute atomic E-state index is 12.2.